The first kappa shape index (κ1) is 21.7. The molecule has 0 unspecified atom stereocenters. The molecule has 0 N–H and O–H groups in total. The molecule has 164 valence electrons. The lowest BCUT2D eigenvalue weighted by Crippen LogP contribution is -2.30. The van der Waals surface area contributed by atoms with E-state index in [4.69, 9.17) is 8.70 Å². The molecule has 3 aromatic carbocycles. The lowest BCUT2D eigenvalue weighted by atomic mass is 9.88. The second-order valence-electron chi connectivity index (χ2n) is 8.55. The van der Waals surface area contributed by atoms with Crippen molar-refractivity contribution in [2.24, 2.45) is 10.6 Å². The summed E-state index contributed by atoms with van der Waals surface area (Å²) < 4.78 is 35.9. The minimum atomic E-state index is -4.23. The van der Waals surface area contributed by atoms with Gasteiger partial charge in [0.25, 0.3) is 5.89 Å². The van der Waals surface area contributed by atoms with Gasteiger partial charge in [0.1, 0.15) is 10.4 Å². The molecule has 0 aliphatic rings. The van der Waals surface area contributed by atoms with Crippen molar-refractivity contribution in [3.05, 3.63) is 72.1 Å². The van der Waals surface area contributed by atoms with Gasteiger partial charge in [-0.3, -0.25) is 9.08 Å². The number of hydrogen-bond donors (Lipinski definition) is 0. The molecule has 1 heterocycles. The zero-order valence-corrected chi connectivity index (χ0v) is 18.9. The number of aromatic nitrogens is 1. The van der Waals surface area contributed by atoms with E-state index in [1.807, 2.05) is 43.3 Å². The SMILES string of the molecule is Cc1ccc(S(=O)(=O)O/N=C(\C(=O)C(C)(C)C)c2nc3cc4ccccc4cc3o2)cc1. The van der Waals surface area contributed by atoms with E-state index in [0.717, 1.165) is 16.3 Å². The summed E-state index contributed by atoms with van der Waals surface area (Å²) in [5.41, 5.74) is 0.702. The second kappa shape index (κ2) is 7.87. The van der Waals surface area contributed by atoms with Crippen LogP contribution in [0, 0.1) is 12.3 Å². The van der Waals surface area contributed by atoms with Crippen LogP contribution >= 0.6 is 0 Å². The minimum Gasteiger partial charge on any atom is -0.434 e. The molecule has 0 bridgehead atoms. The van der Waals surface area contributed by atoms with Crippen LogP contribution in [0.15, 0.2) is 75.1 Å². The van der Waals surface area contributed by atoms with Gasteiger partial charge in [0.05, 0.1) is 0 Å². The third-order valence-electron chi connectivity index (χ3n) is 4.89. The summed E-state index contributed by atoms with van der Waals surface area (Å²) in [5, 5.41) is 5.62. The van der Waals surface area contributed by atoms with E-state index in [1.54, 1.807) is 32.9 Å². The molecule has 0 spiro atoms. The first-order chi connectivity index (χ1) is 15.0. The number of carbonyl (C=O) groups excluding carboxylic acids is 1. The predicted octanol–water partition coefficient (Wildman–Crippen LogP) is 5.01. The number of benzene rings is 3. The number of oxime groups is 1. The number of oxazole rings is 1. The van der Waals surface area contributed by atoms with E-state index in [1.165, 1.54) is 12.1 Å². The number of Topliss-reactive ketones (excluding diaryl/α,β-unsaturated/α-hetero) is 1. The molecule has 7 nitrogen and oxygen atoms in total. The third-order valence-corrected chi connectivity index (χ3v) is 6.01. The van der Waals surface area contributed by atoms with Crippen molar-refractivity contribution in [3.8, 4) is 0 Å². The van der Waals surface area contributed by atoms with Crippen molar-refractivity contribution in [2.45, 2.75) is 32.6 Å². The van der Waals surface area contributed by atoms with E-state index in [-0.39, 0.29) is 16.5 Å². The first-order valence-electron chi connectivity index (χ1n) is 9.97. The molecule has 4 aromatic rings. The van der Waals surface area contributed by atoms with Gasteiger partial charge in [-0.2, -0.15) is 8.42 Å². The molecule has 0 fully saturated rings. The van der Waals surface area contributed by atoms with Gasteiger partial charge in [-0.05, 0) is 42.0 Å². The van der Waals surface area contributed by atoms with Gasteiger partial charge in [-0.25, -0.2) is 4.98 Å². The van der Waals surface area contributed by atoms with Crippen molar-refractivity contribution < 1.29 is 21.9 Å². The van der Waals surface area contributed by atoms with Crippen LogP contribution in [0.1, 0.15) is 32.2 Å². The maximum Gasteiger partial charge on any atom is 0.358 e. The molecule has 4 rings (SSSR count). The van der Waals surface area contributed by atoms with E-state index < -0.39 is 21.3 Å². The molecule has 0 amide bonds. The van der Waals surface area contributed by atoms with Crippen LogP contribution in [-0.4, -0.2) is 24.9 Å². The van der Waals surface area contributed by atoms with E-state index in [9.17, 15) is 13.2 Å². The minimum absolute atomic E-state index is 0.0711. The van der Waals surface area contributed by atoms with Crippen LogP contribution in [0.25, 0.3) is 21.9 Å². The number of ketones is 1. The Morgan fingerprint density at radius 2 is 1.62 bits per heavy atom. The fourth-order valence-corrected chi connectivity index (χ4v) is 3.81. The second-order valence-corrected chi connectivity index (χ2v) is 10.1. The molecule has 8 heteroatoms. The van der Waals surface area contributed by atoms with Crippen molar-refractivity contribution in [3.63, 3.8) is 0 Å². The van der Waals surface area contributed by atoms with Crippen LogP contribution < -0.4 is 0 Å². The normalized spacial score (nSPS) is 12.9. The molecule has 0 radical (unpaired) electrons. The maximum absolute atomic E-state index is 13.1. The Morgan fingerprint density at radius 3 is 2.25 bits per heavy atom. The van der Waals surface area contributed by atoms with Gasteiger partial charge >= 0.3 is 10.1 Å². The number of aryl methyl sites for hydroxylation is 1. The summed E-state index contributed by atoms with van der Waals surface area (Å²) in [6.07, 6.45) is 0. The largest absolute Gasteiger partial charge is 0.434 e. The Bertz CT molecular complexity index is 1410. The average molecular weight is 451 g/mol. The Labute approximate surface area is 185 Å². The van der Waals surface area contributed by atoms with Crippen molar-refractivity contribution >= 4 is 43.5 Å². The van der Waals surface area contributed by atoms with Gasteiger partial charge in [0, 0.05) is 5.41 Å². The lowest BCUT2D eigenvalue weighted by Gasteiger charge is -2.15. The molecular formula is C24H22N2O5S. The Hall–Kier alpha value is -3.52. The molecule has 1 aromatic heterocycles. The van der Waals surface area contributed by atoms with Crippen LogP contribution in [0.3, 0.4) is 0 Å². The lowest BCUT2D eigenvalue weighted by molar-refractivity contribution is -0.119. The molecule has 0 saturated carbocycles. The zero-order valence-electron chi connectivity index (χ0n) is 18.1. The highest BCUT2D eigenvalue weighted by Crippen LogP contribution is 2.26. The van der Waals surface area contributed by atoms with Crippen LogP contribution in [0.5, 0.6) is 0 Å². The average Bonchev–Trinajstić information content (AvgIpc) is 3.14. The smallest absolute Gasteiger partial charge is 0.358 e. The van der Waals surface area contributed by atoms with Crippen LogP contribution in [-0.2, 0) is 19.2 Å². The highest BCUT2D eigenvalue weighted by atomic mass is 32.2. The number of hydrogen-bond acceptors (Lipinski definition) is 7. The Morgan fingerprint density at radius 1 is 1.00 bits per heavy atom. The van der Waals surface area contributed by atoms with Gasteiger partial charge in [0.15, 0.2) is 11.4 Å². The summed E-state index contributed by atoms with van der Waals surface area (Å²) in [6, 6.07) is 17.5. The summed E-state index contributed by atoms with van der Waals surface area (Å²) in [7, 11) is -4.23. The first-order valence-corrected chi connectivity index (χ1v) is 11.4. The fourth-order valence-electron chi connectivity index (χ4n) is 3.08. The maximum atomic E-state index is 13.1. The summed E-state index contributed by atoms with van der Waals surface area (Å²) in [5.74, 6) is -0.568. The topological polar surface area (TPSA) is 98.8 Å². The summed E-state index contributed by atoms with van der Waals surface area (Å²) in [6.45, 7) is 6.91. The summed E-state index contributed by atoms with van der Waals surface area (Å²) >= 11 is 0. The van der Waals surface area contributed by atoms with Gasteiger partial charge < -0.3 is 4.42 Å². The predicted molar refractivity (Wildman–Crippen MR) is 122 cm³/mol. The van der Waals surface area contributed by atoms with Crippen molar-refractivity contribution in [1.29, 1.82) is 0 Å². The molecule has 32 heavy (non-hydrogen) atoms. The quantitative estimate of drug-likeness (QED) is 0.313. The number of nitrogens with zero attached hydrogens (tertiary/aromatic N) is 2. The van der Waals surface area contributed by atoms with Gasteiger partial charge in [-0.15, -0.1) is 0 Å². The molecule has 0 atom stereocenters. The van der Waals surface area contributed by atoms with Crippen LogP contribution in [0.2, 0.25) is 0 Å². The standard InChI is InChI=1S/C24H22N2O5S/c1-15-9-11-18(12-10-15)32(28,29)31-26-21(22(27)24(2,3)4)23-25-19-13-16-7-5-6-8-17(16)14-20(19)30-23/h5-14H,1-4H3/b26-21+. The number of rotatable bonds is 5. The van der Waals surface area contributed by atoms with E-state index in [2.05, 4.69) is 10.1 Å². The highest BCUT2D eigenvalue weighted by Gasteiger charge is 2.32. The molecule has 0 aliphatic carbocycles. The fraction of sp³-hybridized carbons (Fsp3) is 0.208. The molecule has 0 aliphatic heterocycles. The monoisotopic (exact) mass is 450 g/mol. The molecular weight excluding hydrogens is 428 g/mol. The molecule has 0 saturated heterocycles. The van der Waals surface area contributed by atoms with Gasteiger partial charge in [-0.1, -0.05) is 67.9 Å². The number of carbonyl (C=O) groups is 1. The van der Waals surface area contributed by atoms with Gasteiger partial charge in [0.2, 0.25) is 5.71 Å². The van der Waals surface area contributed by atoms with Crippen molar-refractivity contribution in [1.82, 2.24) is 4.98 Å². The van der Waals surface area contributed by atoms with E-state index >= 15 is 0 Å². The number of fused-ring (bicyclic) bond motifs is 2. The van der Waals surface area contributed by atoms with Crippen LogP contribution in [0.4, 0.5) is 0 Å². The Balaban J connectivity index is 1.79. The highest BCUT2D eigenvalue weighted by molar-refractivity contribution is 7.86. The zero-order chi connectivity index (χ0) is 23.1. The summed E-state index contributed by atoms with van der Waals surface area (Å²) in [4.78, 5) is 17.4. The third kappa shape index (κ3) is 4.27. The van der Waals surface area contributed by atoms with Crippen molar-refractivity contribution in [2.75, 3.05) is 0 Å². The van der Waals surface area contributed by atoms with E-state index in [0.29, 0.717) is 11.1 Å². The Kier molecular flexibility index (Phi) is 5.34.